The van der Waals surface area contributed by atoms with Crippen LogP contribution in [0.5, 0.6) is 0 Å². The number of ether oxygens (including phenoxy) is 2. The van der Waals surface area contributed by atoms with Crippen LogP contribution < -0.4 is 0 Å². The Balaban J connectivity index is 0.00000161. The van der Waals surface area contributed by atoms with E-state index in [2.05, 4.69) is 13.5 Å². The number of allylic oxidation sites excluding steroid dienone is 5. The van der Waals surface area contributed by atoms with E-state index in [1.165, 1.54) is 44.6 Å². The smallest absolute Gasteiger partial charge is 0.335 e. The molecule has 0 aliphatic carbocycles. The van der Waals surface area contributed by atoms with Gasteiger partial charge in [-0.15, -0.1) is 0 Å². The summed E-state index contributed by atoms with van der Waals surface area (Å²) >= 11 is 0. The third kappa shape index (κ3) is 19.3. The lowest BCUT2D eigenvalue weighted by molar-refractivity contribution is -0.133. The first-order valence-corrected chi connectivity index (χ1v) is 11.7. The normalized spacial score (nSPS) is 11.4. The van der Waals surface area contributed by atoms with Crippen LogP contribution in [0.15, 0.2) is 73.1 Å². The van der Waals surface area contributed by atoms with E-state index < -0.39 is 0 Å². The van der Waals surface area contributed by atoms with Gasteiger partial charge in [0.25, 0.3) is 0 Å². The number of benzene rings is 1. The highest BCUT2D eigenvalue weighted by atomic mass is 16.5. The molecule has 0 aliphatic rings. The van der Waals surface area contributed by atoms with Crippen molar-refractivity contribution in [1.29, 1.82) is 0 Å². The van der Waals surface area contributed by atoms with E-state index in [1.807, 2.05) is 62.4 Å². The standard InChI is InChI=1S/C24H32O2.C4H10O/c1-3-5-7-8-9-10-15-19-23(18-12-6-4-2)26-24(25)21-20-22-16-13-11-14-17-22;1-3-5-4-2/h4,6,11-14,16-18,20-21H,2-3,5,7-10,15,19H2,1H3;3-4H2,1-2H3. The predicted molar refractivity (Wildman–Crippen MR) is 134 cm³/mol. The van der Waals surface area contributed by atoms with Gasteiger partial charge in [-0.05, 0) is 38.0 Å². The van der Waals surface area contributed by atoms with Crippen molar-refractivity contribution in [2.24, 2.45) is 0 Å². The molecule has 1 rings (SSSR count). The van der Waals surface area contributed by atoms with Gasteiger partial charge in [-0.1, -0.05) is 101 Å². The van der Waals surface area contributed by atoms with Crippen LogP contribution in [-0.4, -0.2) is 19.2 Å². The largest absolute Gasteiger partial charge is 0.428 e. The van der Waals surface area contributed by atoms with Crippen molar-refractivity contribution < 1.29 is 14.3 Å². The minimum atomic E-state index is -0.338. The third-order valence-corrected chi connectivity index (χ3v) is 4.41. The molecule has 0 heterocycles. The summed E-state index contributed by atoms with van der Waals surface area (Å²) in [4.78, 5) is 12.1. The Morgan fingerprint density at radius 2 is 1.55 bits per heavy atom. The van der Waals surface area contributed by atoms with Crippen LogP contribution in [0, 0.1) is 0 Å². The molecule has 0 aliphatic heterocycles. The van der Waals surface area contributed by atoms with E-state index in [4.69, 9.17) is 9.47 Å². The first-order chi connectivity index (χ1) is 15.2. The van der Waals surface area contributed by atoms with Crippen LogP contribution in [0.25, 0.3) is 6.08 Å². The molecule has 3 nitrogen and oxygen atoms in total. The van der Waals surface area contributed by atoms with Gasteiger partial charge in [0, 0.05) is 25.7 Å². The fraction of sp³-hybridized carbons (Fsp3) is 0.464. The molecular formula is C28H42O3. The molecule has 1 aromatic rings. The Hall–Kier alpha value is -2.39. The number of esters is 1. The zero-order valence-corrected chi connectivity index (χ0v) is 19.9. The van der Waals surface area contributed by atoms with Crippen molar-refractivity contribution in [3.8, 4) is 0 Å². The van der Waals surface area contributed by atoms with Crippen molar-refractivity contribution in [3.63, 3.8) is 0 Å². The highest BCUT2D eigenvalue weighted by Gasteiger charge is 2.04. The lowest BCUT2D eigenvalue weighted by atomic mass is 10.1. The van der Waals surface area contributed by atoms with Gasteiger partial charge in [0.2, 0.25) is 0 Å². The van der Waals surface area contributed by atoms with Crippen LogP contribution in [-0.2, 0) is 14.3 Å². The molecule has 0 bridgehead atoms. The molecule has 0 N–H and O–H groups in total. The molecule has 0 unspecified atom stereocenters. The maximum Gasteiger partial charge on any atom is 0.335 e. The van der Waals surface area contributed by atoms with Gasteiger partial charge in [-0.3, -0.25) is 0 Å². The average Bonchev–Trinajstić information content (AvgIpc) is 2.79. The van der Waals surface area contributed by atoms with Crippen molar-refractivity contribution in [1.82, 2.24) is 0 Å². The van der Waals surface area contributed by atoms with E-state index in [1.54, 1.807) is 12.2 Å². The van der Waals surface area contributed by atoms with Gasteiger partial charge in [0.1, 0.15) is 5.76 Å². The molecule has 0 atom stereocenters. The molecule has 0 saturated heterocycles. The summed E-state index contributed by atoms with van der Waals surface area (Å²) in [5.74, 6) is 0.370. The quantitative estimate of drug-likeness (QED) is 0.0935. The van der Waals surface area contributed by atoms with E-state index in [0.29, 0.717) is 5.76 Å². The van der Waals surface area contributed by atoms with Crippen LogP contribution in [0.3, 0.4) is 0 Å². The number of hydrogen-bond donors (Lipinski definition) is 0. The Morgan fingerprint density at radius 1 is 0.903 bits per heavy atom. The zero-order chi connectivity index (χ0) is 23.0. The fourth-order valence-electron chi connectivity index (χ4n) is 2.76. The van der Waals surface area contributed by atoms with Crippen LogP contribution in [0.4, 0.5) is 0 Å². The van der Waals surface area contributed by atoms with E-state index in [0.717, 1.165) is 31.6 Å². The second-order valence-electron chi connectivity index (χ2n) is 7.07. The maximum absolute atomic E-state index is 12.1. The average molecular weight is 427 g/mol. The molecule has 0 saturated carbocycles. The third-order valence-electron chi connectivity index (χ3n) is 4.41. The van der Waals surface area contributed by atoms with Gasteiger partial charge < -0.3 is 9.47 Å². The summed E-state index contributed by atoms with van der Waals surface area (Å²) < 4.78 is 10.3. The van der Waals surface area contributed by atoms with Crippen LogP contribution in [0.2, 0.25) is 0 Å². The second-order valence-corrected chi connectivity index (χ2v) is 7.07. The van der Waals surface area contributed by atoms with E-state index >= 15 is 0 Å². The lowest BCUT2D eigenvalue weighted by Gasteiger charge is -2.07. The minimum Gasteiger partial charge on any atom is -0.428 e. The van der Waals surface area contributed by atoms with Crippen LogP contribution >= 0.6 is 0 Å². The molecule has 0 spiro atoms. The maximum atomic E-state index is 12.1. The topological polar surface area (TPSA) is 35.5 Å². The highest BCUT2D eigenvalue weighted by molar-refractivity contribution is 5.87. The molecule has 0 fully saturated rings. The molecule has 31 heavy (non-hydrogen) atoms. The Kier molecular flexibility index (Phi) is 20.6. The first kappa shape index (κ1) is 28.6. The summed E-state index contributed by atoms with van der Waals surface area (Å²) in [6.07, 6.45) is 19.9. The summed E-state index contributed by atoms with van der Waals surface area (Å²) in [5.41, 5.74) is 0.980. The second kappa shape index (κ2) is 22.3. The first-order valence-electron chi connectivity index (χ1n) is 11.7. The summed E-state index contributed by atoms with van der Waals surface area (Å²) in [7, 11) is 0. The number of unbranched alkanes of at least 4 members (excludes halogenated alkanes) is 6. The molecule has 1 aromatic carbocycles. The van der Waals surface area contributed by atoms with E-state index in [-0.39, 0.29) is 5.97 Å². The van der Waals surface area contributed by atoms with Crippen molar-refractivity contribution in [2.45, 2.75) is 72.1 Å². The summed E-state index contributed by atoms with van der Waals surface area (Å²) in [6.45, 7) is 11.6. The van der Waals surface area contributed by atoms with Crippen molar-refractivity contribution >= 4 is 12.0 Å². The number of hydrogen-bond acceptors (Lipinski definition) is 3. The van der Waals surface area contributed by atoms with Crippen molar-refractivity contribution in [2.75, 3.05) is 13.2 Å². The molecular weight excluding hydrogens is 384 g/mol. The molecule has 3 heteroatoms. The summed E-state index contributed by atoms with van der Waals surface area (Å²) in [6, 6.07) is 9.73. The minimum absolute atomic E-state index is 0.338. The van der Waals surface area contributed by atoms with Gasteiger partial charge >= 0.3 is 5.97 Å². The Morgan fingerprint density at radius 3 is 2.13 bits per heavy atom. The van der Waals surface area contributed by atoms with Gasteiger partial charge in [0.15, 0.2) is 0 Å². The monoisotopic (exact) mass is 426 g/mol. The highest BCUT2D eigenvalue weighted by Crippen LogP contribution is 2.14. The van der Waals surface area contributed by atoms with Crippen molar-refractivity contribution in [3.05, 3.63) is 78.6 Å². The zero-order valence-electron chi connectivity index (χ0n) is 19.9. The fourth-order valence-corrected chi connectivity index (χ4v) is 2.76. The van der Waals surface area contributed by atoms with Gasteiger partial charge in [-0.2, -0.15) is 0 Å². The SMILES string of the molecule is C=CC=CC=C(CCCCCCCCC)OC(=O)C=Cc1ccccc1.CCOCC. The number of rotatable bonds is 15. The Labute approximate surface area is 190 Å². The van der Waals surface area contributed by atoms with Gasteiger partial charge in [0.05, 0.1) is 0 Å². The lowest BCUT2D eigenvalue weighted by Crippen LogP contribution is -2.01. The van der Waals surface area contributed by atoms with Crippen LogP contribution in [0.1, 0.15) is 77.7 Å². The molecule has 0 amide bonds. The number of carbonyl (C=O) groups is 1. The molecule has 0 radical (unpaired) electrons. The molecule has 172 valence electrons. The van der Waals surface area contributed by atoms with Gasteiger partial charge in [-0.25, -0.2) is 4.79 Å². The molecule has 0 aromatic heterocycles. The predicted octanol–water partition coefficient (Wildman–Crippen LogP) is 8.05. The Bertz CT molecular complexity index is 639. The summed E-state index contributed by atoms with van der Waals surface area (Å²) in [5, 5.41) is 0. The van der Waals surface area contributed by atoms with E-state index in [9.17, 15) is 4.79 Å². The number of carbonyl (C=O) groups excluding carboxylic acids is 1.